The molecular weight excluding hydrogens is 604 g/mol. The Balaban J connectivity index is 0.000000188. The highest BCUT2D eigenvalue weighted by Gasteiger charge is 2.23. The van der Waals surface area contributed by atoms with Crippen molar-refractivity contribution in [2.45, 2.75) is 76.0 Å². The topological polar surface area (TPSA) is 96.8 Å². The zero-order valence-electron chi connectivity index (χ0n) is 28.5. The fraction of sp³-hybridized carbons (Fsp3) is 0.400. The summed E-state index contributed by atoms with van der Waals surface area (Å²) in [4.78, 5) is 32.1. The predicted octanol–water partition coefficient (Wildman–Crippen LogP) is 7.86. The molecular formula is C40H46N2O6. The van der Waals surface area contributed by atoms with Crippen LogP contribution in [-0.4, -0.2) is 50.3 Å². The van der Waals surface area contributed by atoms with Gasteiger partial charge < -0.3 is 18.9 Å². The van der Waals surface area contributed by atoms with Gasteiger partial charge in [0, 0.05) is 24.8 Å². The summed E-state index contributed by atoms with van der Waals surface area (Å²) in [7, 11) is 6.24. The van der Waals surface area contributed by atoms with E-state index in [0.29, 0.717) is 23.0 Å². The minimum absolute atomic E-state index is 0.291. The van der Waals surface area contributed by atoms with E-state index >= 15 is 0 Å². The minimum Gasteiger partial charge on any atom is -0.497 e. The molecule has 0 saturated heterocycles. The molecule has 0 fully saturated rings. The van der Waals surface area contributed by atoms with Crippen LogP contribution < -0.4 is 9.47 Å². The van der Waals surface area contributed by atoms with Crippen molar-refractivity contribution in [3.05, 3.63) is 118 Å². The molecule has 2 aromatic heterocycles. The number of carbonyl (C=O) groups is 2. The maximum Gasteiger partial charge on any atom is 0.338 e. The number of benzene rings is 2. The highest BCUT2D eigenvalue weighted by Crippen LogP contribution is 2.38. The average molecular weight is 651 g/mol. The van der Waals surface area contributed by atoms with Gasteiger partial charge in [-0.1, -0.05) is 12.1 Å². The molecule has 8 heteroatoms. The normalized spacial score (nSPS) is 16.3. The van der Waals surface area contributed by atoms with Gasteiger partial charge in [0.2, 0.25) is 0 Å². The molecule has 2 heterocycles. The number of rotatable bonds is 10. The number of aryl methyl sites for hydroxylation is 4. The second-order valence-electron chi connectivity index (χ2n) is 12.4. The summed E-state index contributed by atoms with van der Waals surface area (Å²) in [5.74, 6) is 2.31. The number of esters is 2. The van der Waals surface area contributed by atoms with Crippen molar-refractivity contribution >= 4 is 11.9 Å². The first-order valence-corrected chi connectivity index (χ1v) is 16.8. The van der Waals surface area contributed by atoms with Crippen LogP contribution in [0.4, 0.5) is 0 Å². The Kier molecular flexibility index (Phi) is 12.2. The number of ether oxygens (including phenoxy) is 4. The molecule has 2 aromatic carbocycles. The smallest absolute Gasteiger partial charge is 0.338 e. The van der Waals surface area contributed by atoms with Crippen LogP contribution in [0.15, 0.2) is 73.3 Å². The van der Waals surface area contributed by atoms with Gasteiger partial charge in [-0.2, -0.15) is 0 Å². The third-order valence-electron chi connectivity index (χ3n) is 9.72. The molecule has 6 rings (SSSR count). The fourth-order valence-corrected chi connectivity index (χ4v) is 7.17. The number of fused-ring (bicyclic) bond motifs is 2. The summed E-state index contributed by atoms with van der Waals surface area (Å²) in [5, 5.41) is 0. The molecule has 0 spiro atoms. The summed E-state index contributed by atoms with van der Waals surface area (Å²) in [6, 6.07) is 16.3. The first-order chi connectivity index (χ1) is 23.4. The monoisotopic (exact) mass is 650 g/mol. The van der Waals surface area contributed by atoms with Gasteiger partial charge in [0.15, 0.2) is 0 Å². The van der Waals surface area contributed by atoms with Crippen molar-refractivity contribution in [3.63, 3.8) is 0 Å². The molecule has 0 N–H and O–H groups in total. The molecule has 252 valence electrons. The number of methoxy groups -OCH3 is 4. The zero-order valence-corrected chi connectivity index (χ0v) is 28.5. The number of pyridine rings is 2. The summed E-state index contributed by atoms with van der Waals surface area (Å²) >= 11 is 0. The van der Waals surface area contributed by atoms with Crippen LogP contribution in [0.5, 0.6) is 11.5 Å². The van der Waals surface area contributed by atoms with E-state index in [9.17, 15) is 9.59 Å². The second-order valence-corrected chi connectivity index (χ2v) is 12.4. The summed E-state index contributed by atoms with van der Waals surface area (Å²) in [6.45, 7) is 0. The standard InChI is InChI=1S/2C20H23NO3/c2*1-23-17-8-9-18-14(4-3-5-15(18)12-17)6-7-16-13-21-11-10-19(16)20(22)24-2/h2*8-14H,3-7H2,1-2H3/t2*14-/m10/s1. The Morgan fingerprint density at radius 1 is 0.646 bits per heavy atom. The molecule has 2 aliphatic rings. The van der Waals surface area contributed by atoms with Crippen LogP contribution in [0, 0.1) is 0 Å². The highest BCUT2D eigenvalue weighted by molar-refractivity contribution is 5.91. The minimum atomic E-state index is -0.291. The summed E-state index contributed by atoms with van der Waals surface area (Å²) in [6.07, 6.45) is 17.5. The third-order valence-corrected chi connectivity index (χ3v) is 9.72. The molecule has 8 nitrogen and oxygen atoms in total. The Hall–Kier alpha value is -4.72. The molecule has 0 bridgehead atoms. The number of hydrogen-bond donors (Lipinski definition) is 0. The molecule has 4 aromatic rings. The summed E-state index contributed by atoms with van der Waals surface area (Å²) < 4.78 is 20.4. The van der Waals surface area contributed by atoms with Gasteiger partial charge in [0.25, 0.3) is 0 Å². The van der Waals surface area contributed by atoms with Crippen molar-refractivity contribution in [3.8, 4) is 11.5 Å². The second kappa shape index (κ2) is 16.9. The van der Waals surface area contributed by atoms with E-state index in [4.69, 9.17) is 18.9 Å². The fourth-order valence-electron chi connectivity index (χ4n) is 7.17. The van der Waals surface area contributed by atoms with Crippen LogP contribution in [0.3, 0.4) is 0 Å². The van der Waals surface area contributed by atoms with Crippen molar-refractivity contribution in [1.82, 2.24) is 9.97 Å². The van der Waals surface area contributed by atoms with Crippen LogP contribution in [0.25, 0.3) is 0 Å². The maximum absolute atomic E-state index is 11.9. The van der Waals surface area contributed by atoms with Crippen LogP contribution in [0.1, 0.15) is 104 Å². The van der Waals surface area contributed by atoms with Gasteiger partial charge in [-0.15, -0.1) is 0 Å². The first kappa shape index (κ1) is 34.6. The van der Waals surface area contributed by atoms with Crippen LogP contribution >= 0.6 is 0 Å². The van der Waals surface area contributed by atoms with Crippen molar-refractivity contribution < 1.29 is 28.5 Å². The van der Waals surface area contributed by atoms with Crippen molar-refractivity contribution in [2.24, 2.45) is 0 Å². The van der Waals surface area contributed by atoms with Crippen molar-refractivity contribution in [2.75, 3.05) is 28.4 Å². The Morgan fingerprint density at radius 2 is 1.08 bits per heavy atom. The van der Waals surface area contributed by atoms with E-state index in [2.05, 4.69) is 34.2 Å². The van der Waals surface area contributed by atoms with E-state index in [1.165, 1.54) is 62.2 Å². The van der Waals surface area contributed by atoms with Gasteiger partial charge in [0.05, 0.1) is 39.6 Å². The lowest BCUT2D eigenvalue weighted by molar-refractivity contribution is 0.0590. The molecule has 48 heavy (non-hydrogen) atoms. The number of aromatic nitrogens is 2. The highest BCUT2D eigenvalue weighted by atomic mass is 16.5. The summed E-state index contributed by atoms with van der Waals surface area (Å²) in [5.41, 5.74) is 8.80. The Morgan fingerprint density at radius 3 is 1.48 bits per heavy atom. The van der Waals surface area contributed by atoms with E-state index in [1.54, 1.807) is 51.1 Å². The predicted molar refractivity (Wildman–Crippen MR) is 185 cm³/mol. The molecule has 2 aliphatic carbocycles. The molecule has 0 aliphatic heterocycles. The van der Waals surface area contributed by atoms with Gasteiger partial charge >= 0.3 is 11.9 Å². The molecule has 2 atom stereocenters. The van der Waals surface area contributed by atoms with Gasteiger partial charge in [-0.25, -0.2) is 9.59 Å². The average Bonchev–Trinajstić information content (AvgIpc) is 3.15. The van der Waals surface area contributed by atoms with Gasteiger partial charge in [-0.05, 0) is 146 Å². The first-order valence-electron chi connectivity index (χ1n) is 16.8. The molecule has 0 amide bonds. The Labute approximate surface area is 283 Å². The van der Waals surface area contributed by atoms with Gasteiger partial charge in [0.1, 0.15) is 11.5 Å². The lowest BCUT2D eigenvalue weighted by Gasteiger charge is -2.26. The maximum atomic E-state index is 11.9. The largest absolute Gasteiger partial charge is 0.497 e. The lowest BCUT2D eigenvalue weighted by atomic mass is 9.79. The molecule has 0 saturated carbocycles. The van der Waals surface area contributed by atoms with Gasteiger partial charge in [-0.3, -0.25) is 9.97 Å². The lowest BCUT2D eigenvalue weighted by Crippen LogP contribution is -2.12. The van der Waals surface area contributed by atoms with Crippen LogP contribution in [-0.2, 0) is 35.2 Å². The number of hydrogen-bond acceptors (Lipinski definition) is 8. The van der Waals surface area contributed by atoms with E-state index < -0.39 is 0 Å². The Bertz CT molecular complexity index is 1580. The third kappa shape index (κ3) is 8.40. The van der Waals surface area contributed by atoms with E-state index in [0.717, 1.165) is 61.2 Å². The SMILES string of the molecule is COC(=O)c1ccncc1CC[C@@H]1CCCc2cc(OC)ccc21.COC(=O)c1ccncc1CC[C@H]1CCCc2cc(OC)ccc21. The van der Waals surface area contributed by atoms with Crippen molar-refractivity contribution in [1.29, 1.82) is 0 Å². The number of carbonyl (C=O) groups excluding carboxylic acids is 2. The van der Waals surface area contributed by atoms with E-state index in [1.807, 2.05) is 12.1 Å². The zero-order chi connectivity index (χ0) is 33.9. The van der Waals surface area contributed by atoms with Crippen LogP contribution in [0.2, 0.25) is 0 Å². The van der Waals surface area contributed by atoms with E-state index in [-0.39, 0.29) is 11.9 Å². The molecule has 0 radical (unpaired) electrons. The molecule has 0 unspecified atom stereocenters. The number of nitrogens with zero attached hydrogens (tertiary/aromatic N) is 2. The quantitative estimate of drug-likeness (QED) is 0.160.